The average Bonchev–Trinajstić information content (AvgIpc) is 2.82. The second kappa shape index (κ2) is 6.99. The third kappa shape index (κ3) is 3.91. The van der Waals surface area contributed by atoms with Crippen LogP contribution in [0.4, 0.5) is 5.69 Å². The van der Waals surface area contributed by atoms with Gasteiger partial charge in [-0.1, -0.05) is 11.6 Å². The molecule has 0 aliphatic carbocycles. The summed E-state index contributed by atoms with van der Waals surface area (Å²) >= 11 is 7.37. The van der Waals surface area contributed by atoms with Crippen molar-refractivity contribution in [3.63, 3.8) is 0 Å². The minimum absolute atomic E-state index is 0.147. The van der Waals surface area contributed by atoms with E-state index < -0.39 is 0 Å². The molecule has 2 heterocycles. The van der Waals surface area contributed by atoms with E-state index in [1.165, 1.54) is 16.2 Å². The lowest BCUT2D eigenvalue weighted by molar-refractivity contribution is 0.102. The molecule has 122 valence electrons. The van der Waals surface area contributed by atoms with Crippen LogP contribution < -0.4 is 5.32 Å². The monoisotopic (exact) mass is 349 g/mol. The van der Waals surface area contributed by atoms with Gasteiger partial charge < -0.3 is 10.2 Å². The van der Waals surface area contributed by atoms with E-state index in [0.29, 0.717) is 16.1 Å². The Morgan fingerprint density at radius 1 is 1.26 bits per heavy atom. The largest absolute Gasteiger partial charge is 0.320 e. The molecule has 0 spiro atoms. The van der Waals surface area contributed by atoms with E-state index in [4.69, 9.17) is 11.6 Å². The Hall–Kier alpha value is -1.43. The van der Waals surface area contributed by atoms with Gasteiger partial charge in [-0.15, -0.1) is 11.3 Å². The number of nitrogens with zero attached hydrogens (tertiary/aromatic N) is 2. The Balaban J connectivity index is 1.70. The van der Waals surface area contributed by atoms with Crippen molar-refractivity contribution >= 4 is 34.5 Å². The van der Waals surface area contributed by atoms with Gasteiger partial charge in [0.1, 0.15) is 0 Å². The van der Waals surface area contributed by atoms with Crippen molar-refractivity contribution in [2.45, 2.75) is 32.7 Å². The molecule has 1 aromatic carbocycles. The first-order valence-corrected chi connectivity index (χ1v) is 9.02. The summed E-state index contributed by atoms with van der Waals surface area (Å²) in [7, 11) is 0. The van der Waals surface area contributed by atoms with Gasteiger partial charge in [0.05, 0.1) is 5.69 Å². The number of carbonyl (C=O) groups excluding carboxylic acids is 1. The van der Waals surface area contributed by atoms with E-state index in [2.05, 4.69) is 29.0 Å². The first-order chi connectivity index (χ1) is 11.0. The van der Waals surface area contributed by atoms with Crippen molar-refractivity contribution in [3.8, 4) is 0 Å². The molecule has 0 radical (unpaired) electrons. The molecule has 0 unspecified atom stereocenters. The van der Waals surface area contributed by atoms with Crippen LogP contribution in [0.2, 0.25) is 5.02 Å². The molecular formula is C17H20ClN3OS. The second-order valence-corrected chi connectivity index (χ2v) is 7.50. The molecule has 0 saturated heterocycles. The highest BCUT2D eigenvalue weighted by atomic mass is 35.5. The van der Waals surface area contributed by atoms with Crippen LogP contribution in [0.3, 0.4) is 0 Å². The molecule has 1 aliphatic rings. The Morgan fingerprint density at radius 3 is 2.65 bits per heavy atom. The lowest BCUT2D eigenvalue weighted by Gasteiger charge is -2.23. The van der Waals surface area contributed by atoms with Gasteiger partial charge in [-0.3, -0.25) is 4.79 Å². The Bertz CT molecular complexity index is 671. The molecule has 1 aromatic heterocycles. The summed E-state index contributed by atoms with van der Waals surface area (Å²) < 4.78 is 0. The summed E-state index contributed by atoms with van der Waals surface area (Å²) in [6, 6.07) is 7.65. The van der Waals surface area contributed by atoms with Crippen LogP contribution in [-0.2, 0) is 12.8 Å². The number of aromatic nitrogens is 1. The number of rotatable bonds is 3. The van der Waals surface area contributed by atoms with Crippen LogP contribution in [0.1, 0.15) is 34.2 Å². The highest BCUT2D eigenvalue weighted by Crippen LogP contribution is 2.24. The zero-order valence-electron chi connectivity index (χ0n) is 13.3. The lowest BCUT2D eigenvalue weighted by atomic mass is 10.2. The van der Waals surface area contributed by atoms with Gasteiger partial charge in [-0.2, -0.15) is 0 Å². The molecule has 23 heavy (non-hydrogen) atoms. The van der Waals surface area contributed by atoms with E-state index in [9.17, 15) is 4.79 Å². The van der Waals surface area contributed by atoms with Crippen LogP contribution in [-0.4, -0.2) is 34.9 Å². The van der Waals surface area contributed by atoms with E-state index >= 15 is 0 Å². The zero-order valence-corrected chi connectivity index (χ0v) is 14.9. The Kier molecular flexibility index (Phi) is 4.99. The van der Waals surface area contributed by atoms with Crippen LogP contribution in [0.25, 0.3) is 0 Å². The standard InChI is InChI=1S/C17H20ClN3OS/c1-11(2)21-9-7-14-15(8-10-21)23-17(20-14)16(22)19-13-5-3-12(18)4-6-13/h3-6,11H,7-10H2,1-2H3,(H,19,22). The predicted octanol–water partition coefficient (Wildman–Crippen LogP) is 3.86. The van der Waals surface area contributed by atoms with E-state index in [0.717, 1.165) is 37.3 Å². The molecule has 1 amide bonds. The van der Waals surface area contributed by atoms with Crippen molar-refractivity contribution < 1.29 is 4.79 Å². The number of carbonyl (C=O) groups is 1. The highest BCUT2D eigenvalue weighted by Gasteiger charge is 2.22. The molecule has 1 aliphatic heterocycles. The maximum atomic E-state index is 12.4. The van der Waals surface area contributed by atoms with Crippen LogP contribution in [0.15, 0.2) is 24.3 Å². The van der Waals surface area contributed by atoms with E-state index in [1.54, 1.807) is 24.3 Å². The Labute approximate surface area is 145 Å². The fraction of sp³-hybridized carbons (Fsp3) is 0.412. The molecular weight excluding hydrogens is 330 g/mol. The summed E-state index contributed by atoms with van der Waals surface area (Å²) in [5.74, 6) is -0.147. The molecule has 0 atom stereocenters. The van der Waals surface area contributed by atoms with Crippen molar-refractivity contribution in [3.05, 3.63) is 44.9 Å². The van der Waals surface area contributed by atoms with Gasteiger partial charge in [0.25, 0.3) is 5.91 Å². The maximum absolute atomic E-state index is 12.4. The molecule has 0 saturated carbocycles. The minimum atomic E-state index is -0.147. The number of anilines is 1. The second-order valence-electron chi connectivity index (χ2n) is 5.98. The molecule has 0 fully saturated rings. The maximum Gasteiger partial charge on any atom is 0.284 e. The lowest BCUT2D eigenvalue weighted by Crippen LogP contribution is -2.33. The van der Waals surface area contributed by atoms with Crippen LogP contribution in [0.5, 0.6) is 0 Å². The van der Waals surface area contributed by atoms with Gasteiger partial charge in [-0.05, 0) is 44.5 Å². The summed E-state index contributed by atoms with van der Waals surface area (Å²) in [5, 5.41) is 4.07. The SMILES string of the molecule is CC(C)N1CCc2nc(C(=O)Nc3ccc(Cl)cc3)sc2CC1. The third-order valence-corrected chi connectivity index (χ3v) is 5.47. The van der Waals surface area contributed by atoms with Crippen LogP contribution >= 0.6 is 22.9 Å². The molecule has 6 heteroatoms. The smallest absolute Gasteiger partial charge is 0.284 e. The van der Waals surface area contributed by atoms with Crippen molar-refractivity contribution in [1.29, 1.82) is 0 Å². The number of nitrogens with one attached hydrogen (secondary N) is 1. The van der Waals surface area contributed by atoms with Gasteiger partial charge >= 0.3 is 0 Å². The van der Waals surface area contributed by atoms with Gasteiger partial charge in [0.2, 0.25) is 0 Å². The number of amides is 1. The molecule has 4 nitrogen and oxygen atoms in total. The van der Waals surface area contributed by atoms with Gasteiger partial charge in [0, 0.05) is 41.1 Å². The molecule has 0 bridgehead atoms. The van der Waals surface area contributed by atoms with E-state index in [1.807, 2.05) is 0 Å². The summed E-state index contributed by atoms with van der Waals surface area (Å²) in [5.41, 5.74) is 1.81. The third-order valence-electron chi connectivity index (χ3n) is 4.07. The van der Waals surface area contributed by atoms with Crippen molar-refractivity contribution in [2.75, 3.05) is 18.4 Å². The van der Waals surface area contributed by atoms with E-state index in [-0.39, 0.29) is 5.91 Å². The minimum Gasteiger partial charge on any atom is -0.320 e. The molecule has 3 rings (SSSR count). The zero-order chi connectivity index (χ0) is 16.4. The topological polar surface area (TPSA) is 45.2 Å². The quantitative estimate of drug-likeness (QED) is 0.915. The average molecular weight is 350 g/mol. The number of hydrogen-bond donors (Lipinski definition) is 1. The van der Waals surface area contributed by atoms with Crippen LogP contribution in [0, 0.1) is 0 Å². The summed E-state index contributed by atoms with van der Waals surface area (Å²) in [6.07, 6.45) is 1.89. The highest BCUT2D eigenvalue weighted by molar-refractivity contribution is 7.13. The fourth-order valence-electron chi connectivity index (χ4n) is 2.71. The molecule has 1 N–H and O–H groups in total. The summed E-state index contributed by atoms with van der Waals surface area (Å²) in [4.78, 5) is 20.6. The fourth-order valence-corrected chi connectivity index (χ4v) is 3.83. The number of thiazole rings is 1. The van der Waals surface area contributed by atoms with Gasteiger partial charge in [0.15, 0.2) is 5.01 Å². The number of fused-ring (bicyclic) bond motifs is 1. The van der Waals surface area contributed by atoms with Crippen molar-refractivity contribution in [1.82, 2.24) is 9.88 Å². The van der Waals surface area contributed by atoms with Gasteiger partial charge in [-0.25, -0.2) is 4.98 Å². The number of halogens is 1. The van der Waals surface area contributed by atoms with Crippen molar-refractivity contribution in [2.24, 2.45) is 0 Å². The summed E-state index contributed by atoms with van der Waals surface area (Å²) in [6.45, 7) is 6.48. The number of hydrogen-bond acceptors (Lipinski definition) is 4. The molecule has 2 aromatic rings. The first-order valence-electron chi connectivity index (χ1n) is 7.82. The predicted molar refractivity (Wildman–Crippen MR) is 95.6 cm³/mol. The number of benzene rings is 1. The first kappa shape index (κ1) is 16.4. The normalized spacial score (nSPS) is 15.3. The Morgan fingerprint density at radius 2 is 1.96 bits per heavy atom.